The first-order chi connectivity index (χ1) is 15.0. The van der Waals surface area contributed by atoms with Crippen molar-refractivity contribution in [2.24, 2.45) is 0 Å². The van der Waals surface area contributed by atoms with Gasteiger partial charge in [-0.1, -0.05) is 63.6 Å². The fraction of sp³-hybridized carbons (Fsp3) is 0.333. The van der Waals surface area contributed by atoms with E-state index in [1.165, 1.54) is 16.0 Å². The van der Waals surface area contributed by atoms with Crippen LogP contribution >= 0.6 is 11.6 Å². The monoisotopic (exact) mass is 464 g/mol. The van der Waals surface area contributed by atoms with Crippen molar-refractivity contribution in [1.29, 1.82) is 0 Å². The van der Waals surface area contributed by atoms with Gasteiger partial charge in [0.05, 0.1) is 22.0 Å². The number of aromatic nitrogens is 2. The fourth-order valence-electron chi connectivity index (χ4n) is 3.27. The highest BCUT2D eigenvalue weighted by molar-refractivity contribution is 6.33. The second-order valence-corrected chi connectivity index (χ2v) is 8.54. The van der Waals surface area contributed by atoms with Gasteiger partial charge in [0, 0.05) is 12.3 Å². The van der Waals surface area contributed by atoms with Gasteiger partial charge < -0.3 is 4.74 Å². The van der Waals surface area contributed by atoms with E-state index in [-0.39, 0.29) is 23.2 Å². The first-order valence-corrected chi connectivity index (χ1v) is 10.6. The molecular formula is C24H24ClF3N2O2. The Bertz CT molecular complexity index is 1150. The van der Waals surface area contributed by atoms with Crippen LogP contribution in [0, 0.1) is 0 Å². The van der Waals surface area contributed by atoms with Crippen molar-refractivity contribution in [3.63, 3.8) is 0 Å². The minimum atomic E-state index is -4.57. The number of pyridine rings is 1. The highest BCUT2D eigenvalue weighted by Gasteiger charge is 2.32. The van der Waals surface area contributed by atoms with Gasteiger partial charge in [-0.25, -0.2) is 9.78 Å². The highest BCUT2D eigenvalue weighted by atomic mass is 35.5. The first kappa shape index (κ1) is 23.9. The number of hydrogen-bond donors (Lipinski definition) is 0. The molecule has 0 amide bonds. The van der Waals surface area contributed by atoms with Crippen molar-refractivity contribution in [2.75, 3.05) is 0 Å². The highest BCUT2D eigenvalue weighted by Crippen LogP contribution is 2.34. The Morgan fingerprint density at radius 2 is 1.81 bits per heavy atom. The number of benzene rings is 1. The molecule has 32 heavy (non-hydrogen) atoms. The number of esters is 1. The summed E-state index contributed by atoms with van der Waals surface area (Å²) in [4.78, 5) is 16.6. The zero-order chi connectivity index (χ0) is 23.6. The van der Waals surface area contributed by atoms with Crippen LogP contribution in [-0.2, 0) is 22.3 Å². The van der Waals surface area contributed by atoms with E-state index in [4.69, 9.17) is 16.3 Å². The van der Waals surface area contributed by atoms with Crippen LogP contribution in [0.5, 0.6) is 0 Å². The van der Waals surface area contributed by atoms with Gasteiger partial charge in [-0.2, -0.15) is 13.2 Å². The summed E-state index contributed by atoms with van der Waals surface area (Å²) in [5, 5.41) is -0.121. The average molecular weight is 465 g/mol. The van der Waals surface area contributed by atoms with E-state index in [0.717, 1.165) is 17.8 Å². The topological polar surface area (TPSA) is 43.6 Å². The lowest BCUT2D eigenvalue weighted by Gasteiger charge is -2.11. The Labute approximate surface area is 189 Å². The minimum Gasteiger partial charge on any atom is -0.456 e. The van der Waals surface area contributed by atoms with Gasteiger partial charge in [-0.3, -0.25) is 4.40 Å². The van der Waals surface area contributed by atoms with Crippen LogP contribution in [0.3, 0.4) is 0 Å². The van der Waals surface area contributed by atoms with E-state index in [2.05, 4.69) is 18.8 Å². The molecule has 0 N–H and O–H groups in total. The predicted molar refractivity (Wildman–Crippen MR) is 119 cm³/mol. The number of rotatable bonds is 6. The van der Waals surface area contributed by atoms with E-state index in [1.54, 1.807) is 6.08 Å². The SMILES string of the molecule is CC(C)c1ccc(/C=C/C(=O)OCc2c(C(C)C)nc3c(Cl)cc(C(F)(F)F)cn23)cc1. The molecule has 0 aliphatic carbocycles. The lowest BCUT2D eigenvalue weighted by molar-refractivity contribution is -0.139. The molecule has 0 saturated carbocycles. The standard InChI is InChI=1S/C24H24ClF3N2O2/c1-14(2)17-8-5-16(6-9-17)7-10-21(31)32-13-20-22(15(3)4)29-23-19(25)11-18(12-30(20)23)24(26,27)28/h5-12,14-15H,13H2,1-4H3/b10-7+. The summed E-state index contributed by atoms with van der Waals surface area (Å²) in [7, 11) is 0. The molecule has 0 radical (unpaired) electrons. The van der Waals surface area contributed by atoms with Crippen LogP contribution in [0.4, 0.5) is 13.2 Å². The summed E-state index contributed by atoms with van der Waals surface area (Å²) in [6.45, 7) is 7.66. The van der Waals surface area contributed by atoms with Crippen molar-refractivity contribution in [2.45, 2.75) is 52.3 Å². The molecule has 3 aromatic rings. The zero-order valence-corrected chi connectivity index (χ0v) is 19.0. The van der Waals surface area contributed by atoms with E-state index in [0.29, 0.717) is 17.3 Å². The minimum absolute atomic E-state index is 0.107. The maximum atomic E-state index is 13.3. The van der Waals surface area contributed by atoms with E-state index >= 15 is 0 Å². The number of carbonyl (C=O) groups is 1. The molecule has 0 bridgehead atoms. The van der Waals surface area contributed by atoms with Gasteiger partial charge in [0.25, 0.3) is 0 Å². The van der Waals surface area contributed by atoms with E-state index in [9.17, 15) is 18.0 Å². The third kappa shape index (κ3) is 5.33. The number of nitrogens with zero attached hydrogens (tertiary/aromatic N) is 2. The Hall–Kier alpha value is -2.80. The molecule has 2 aromatic heterocycles. The van der Waals surface area contributed by atoms with Crippen molar-refractivity contribution in [3.8, 4) is 0 Å². The molecule has 0 unspecified atom stereocenters. The first-order valence-electron chi connectivity index (χ1n) is 10.2. The van der Waals surface area contributed by atoms with Crippen LogP contribution in [0.25, 0.3) is 11.7 Å². The second kappa shape index (κ2) is 9.36. The van der Waals surface area contributed by atoms with Crippen molar-refractivity contribution in [1.82, 2.24) is 9.38 Å². The number of ether oxygens (including phenoxy) is 1. The molecule has 0 spiro atoms. The van der Waals surface area contributed by atoms with Crippen LogP contribution in [-0.4, -0.2) is 15.4 Å². The normalized spacial score (nSPS) is 12.4. The molecule has 0 aliphatic heterocycles. The molecule has 1 aromatic carbocycles. The average Bonchev–Trinajstić information content (AvgIpc) is 3.10. The van der Waals surface area contributed by atoms with Gasteiger partial charge in [0.1, 0.15) is 6.61 Å². The summed E-state index contributed by atoms with van der Waals surface area (Å²) < 4.78 is 46.3. The smallest absolute Gasteiger partial charge is 0.417 e. The molecule has 0 saturated heterocycles. The summed E-state index contributed by atoms with van der Waals surface area (Å²) in [5.41, 5.74) is 2.19. The summed E-state index contributed by atoms with van der Waals surface area (Å²) >= 11 is 6.07. The van der Waals surface area contributed by atoms with Gasteiger partial charge in [0.15, 0.2) is 5.65 Å². The van der Waals surface area contributed by atoms with E-state index < -0.39 is 17.7 Å². The molecule has 0 atom stereocenters. The Kier molecular flexibility index (Phi) is 6.98. The van der Waals surface area contributed by atoms with Gasteiger partial charge >= 0.3 is 12.1 Å². The maximum Gasteiger partial charge on any atom is 0.417 e. The maximum absolute atomic E-state index is 13.3. The number of alkyl halides is 3. The van der Waals surface area contributed by atoms with Crippen molar-refractivity contribution < 1.29 is 22.7 Å². The van der Waals surface area contributed by atoms with Gasteiger partial charge in [0.2, 0.25) is 0 Å². The van der Waals surface area contributed by atoms with Crippen LogP contribution in [0.1, 0.15) is 67.6 Å². The Morgan fingerprint density at radius 1 is 1.16 bits per heavy atom. The van der Waals surface area contributed by atoms with Gasteiger partial charge in [-0.05, 0) is 35.1 Å². The molecule has 170 valence electrons. The summed E-state index contributed by atoms with van der Waals surface area (Å²) in [6, 6.07) is 8.63. The van der Waals surface area contributed by atoms with Crippen LogP contribution in [0.15, 0.2) is 42.6 Å². The fourth-order valence-corrected chi connectivity index (χ4v) is 3.52. The van der Waals surface area contributed by atoms with E-state index in [1.807, 2.05) is 38.1 Å². The summed E-state index contributed by atoms with van der Waals surface area (Å²) in [5.74, 6) is -0.310. The largest absolute Gasteiger partial charge is 0.456 e. The molecule has 3 rings (SSSR count). The van der Waals surface area contributed by atoms with Crippen molar-refractivity contribution >= 4 is 29.3 Å². The molecule has 2 heterocycles. The third-order valence-corrected chi connectivity index (χ3v) is 5.32. The Morgan fingerprint density at radius 3 is 2.38 bits per heavy atom. The number of halogens is 4. The second-order valence-electron chi connectivity index (χ2n) is 8.13. The molecule has 0 aliphatic rings. The number of carbonyl (C=O) groups excluding carboxylic acids is 1. The van der Waals surface area contributed by atoms with Crippen molar-refractivity contribution in [3.05, 3.63) is 75.7 Å². The van der Waals surface area contributed by atoms with Crippen LogP contribution in [0.2, 0.25) is 5.02 Å². The lowest BCUT2D eigenvalue weighted by atomic mass is 10.0. The number of imidazole rings is 1. The predicted octanol–water partition coefficient (Wildman–Crippen LogP) is 7.01. The number of fused-ring (bicyclic) bond motifs is 1. The molecule has 8 heteroatoms. The lowest BCUT2D eigenvalue weighted by Crippen LogP contribution is -2.09. The zero-order valence-electron chi connectivity index (χ0n) is 18.2. The summed E-state index contributed by atoms with van der Waals surface area (Å²) in [6.07, 6.45) is -0.725. The van der Waals surface area contributed by atoms with Crippen LogP contribution < -0.4 is 0 Å². The third-order valence-electron chi connectivity index (χ3n) is 5.05. The molecule has 0 fully saturated rings. The quantitative estimate of drug-likeness (QED) is 0.291. The molecule has 4 nitrogen and oxygen atoms in total. The Balaban J connectivity index is 1.83. The number of hydrogen-bond acceptors (Lipinski definition) is 3. The molecular weight excluding hydrogens is 441 g/mol. The van der Waals surface area contributed by atoms with Gasteiger partial charge in [-0.15, -0.1) is 0 Å².